The van der Waals surface area contributed by atoms with E-state index >= 15 is 0 Å². The van der Waals surface area contributed by atoms with Crippen molar-refractivity contribution >= 4 is 5.88 Å². The maximum Gasteiger partial charge on any atom is 0.195 e. The van der Waals surface area contributed by atoms with Crippen LogP contribution in [0.15, 0.2) is 16.5 Å². The van der Waals surface area contributed by atoms with Crippen LogP contribution in [0.25, 0.3) is 0 Å². The first-order valence-corrected chi connectivity index (χ1v) is 5.31. The second-order valence-electron chi connectivity index (χ2n) is 3.83. The van der Waals surface area contributed by atoms with Gasteiger partial charge in [0, 0.05) is 19.2 Å². The summed E-state index contributed by atoms with van der Waals surface area (Å²) in [7, 11) is 0. The third-order valence-electron chi connectivity index (χ3n) is 2.73. The van der Waals surface area contributed by atoms with Gasteiger partial charge in [-0.15, -0.1) is 0 Å². The van der Waals surface area contributed by atoms with E-state index in [-0.39, 0.29) is 0 Å². The quantitative estimate of drug-likeness (QED) is 0.799. The van der Waals surface area contributed by atoms with E-state index in [0.29, 0.717) is 5.76 Å². The van der Waals surface area contributed by atoms with Gasteiger partial charge in [-0.25, -0.2) is 0 Å². The van der Waals surface area contributed by atoms with Crippen molar-refractivity contribution < 1.29 is 4.42 Å². The molecule has 1 aliphatic rings. The second-order valence-corrected chi connectivity index (χ2v) is 3.83. The molecule has 0 bridgehead atoms. The van der Waals surface area contributed by atoms with E-state index in [4.69, 9.17) is 15.4 Å². The van der Waals surface area contributed by atoms with Gasteiger partial charge in [0.25, 0.3) is 0 Å². The fraction of sp³-hybridized carbons (Fsp3) is 0.545. The Labute approximate surface area is 89.3 Å². The van der Waals surface area contributed by atoms with Crippen molar-refractivity contribution in [3.63, 3.8) is 0 Å². The van der Waals surface area contributed by atoms with E-state index in [9.17, 15) is 0 Å². The van der Waals surface area contributed by atoms with Crippen LogP contribution < -0.4 is 10.6 Å². The van der Waals surface area contributed by atoms with E-state index in [0.717, 1.165) is 19.0 Å². The van der Waals surface area contributed by atoms with E-state index in [1.54, 1.807) is 6.07 Å². The van der Waals surface area contributed by atoms with Crippen LogP contribution in [0, 0.1) is 11.3 Å². The molecule has 1 aromatic heterocycles. The van der Waals surface area contributed by atoms with Gasteiger partial charge in [0.15, 0.2) is 11.9 Å². The molecule has 0 spiro atoms. The molecule has 1 aliphatic heterocycles. The molecule has 15 heavy (non-hydrogen) atoms. The number of rotatable bonds is 2. The van der Waals surface area contributed by atoms with Crippen molar-refractivity contribution in [3.8, 4) is 6.07 Å². The van der Waals surface area contributed by atoms with Crippen molar-refractivity contribution in [2.75, 3.05) is 18.0 Å². The minimum absolute atomic E-state index is 0.554. The Balaban J connectivity index is 2.09. The molecule has 1 aromatic rings. The number of hydrogen-bond donors (Lipinski definition) is 1. The highest BCUT2D eigenvalue weighted by molar-refractivity contribution is 5.37. The number of nitriles is 1. The van der Waals surface area contributed by atoms with Crippen molar-refractivity contribution in [3.05, 3.63) is 17.9 Å². The fourth-order valence-electron chi connectivity index (χ4n) is 1.86. The van der Waals surface area contributed by atoms with Gasteiger partial charge < -0.3 is 15.1 Å². The molecule has 0 saturated carbocycles. The molecule has 4 nitrogen and oxygen atoms in total. The molecule has 2 heterocycles. The monoisotopic (exact) mass is 205 g/mol. The first-order valence-electron chi connectivity index (χ1n) is 5.31. The molecular formula is C11H15N3O. The van der Waals surface area contributed by atoms with Crippen LogP contribution in [-0.4, -0.2) is 13.1 Å². The molecule has 2 N–H and O–H groups in total. The molecule has 1 atom stereocenters. The van der Waals surface area contributed by atoms with Crippen molar-refractivity contribution in [1.29, 1.82) is 5.26 Å². The summed E-state index contributed by atoms with van der Waals surface area (Å²) < 4.78 is 5.55. The zero-order valence-electron chi connectivity index (χ0n) is 8.65. The molecule has 1 fully saturated rings. The predicted octanol–water partition coefficient (Wildman–Crippen LogP) is 1.79. The maximum absolute atomic E-state index is 8.66. The van der Waals surface area contributed by atoms with Gasteiger partial charge in [-0.3, -0.25) is 0 Å². The van der Waals surface area contributed by atoms with Gasteiger partial charge in [-0.1, -0.05) is 0 Å². The summed E-state index contributed by atoms with van der Waals surface area (Å²) in [6.07, 6.45) is 3.71. The number of piperidine rings is 1. The van der Waals surface area contributed by atoms with E-state index in [1.165, 1.54) is 19.3 Å². The summed E-state index contributed by atoms with van der Waals surface area (Å²) in [6.45, 7) is 2.07. The average molecular weight is 205 g/mol. The summed E-state index contributed by atoms with van der Waals surface area (Å²) in [5, 5.41) is 8.66. The van der Waals surface area contributed by atoms with Crippen LogP contribution in [0.3, 0.4) is 0 Å². The maximum atomic E-state index is 8.66. The summed E-state index contributed by atoms with van der Waals surface area (Å²) in [4.78, 5) is 2.21. The first-order chi connectivity index (χ1) is 7.31. The lowest BCUT2D eigenvalue weighted by molar-refractivity contribution is 0.464. The average Bonchev–Trinajstić information content (AvgIpc) is 2.78. The zero-order valence-corrected chi connectivity index (χ0v) is 8.65. The van der Waals surface area contributed by atoms with Crippen LogP contribution in [0.1, 0.15) is 31.1 Å². The summed E-state index contributed by atoms with van der Waals surface area (Å²) in [5.74, 6) is 1.40. The summed E-state index contributed by atoms with van der Waals surface area (Å²) in [6, 6.07) is 5.00. The van der Waals surface area contributed by atoms with Crippen molar-refractivity contribution in [2.45, 2.75) is 25.3 Å². The molecule has 0 aromatic carbocycles. The summed E-state index contributed by atoms with van der Waals surface area (Å²) in [5.41, 5.74) is 5.56. The third kappa shape index (κ3) is 2.13. The first kappa shape index (κ1) is 10.1. The van der Waals surface area contributed by atoms with Gasteiger partial charge >= 0.3 is 0 Å². The Morgan fingerprint density at radius 2 is 2.07 bits per heavy atom. The number of furan rings is 1. The molecule has 0 amide bonds. The lowest BCUT2D eigenvalue weighted by Crippen LogP contribution is -2.28. The standard InChI is InChI=1S/C11H15N3O/c12-8-9(13)10-4-5-11(15-10)14-6-2-1-3-7-14/h4-5,9H,1-3,6-7,13H2/t9-/m1/s1. The second kappa shape index (κ2) is 4.37. The van der Waals surface area contributed by atoms with Gasteiger partial charge in [0.1, 0.15) is 5.76 Å². The van der Waals surface area contributed by atoms with E-state index in [1.807, 2.05) is 12.1 Å². The van der Waals surface area contributed by atoms with Crippen LogP contribution in [-0.2, 0) is 0 Å². The van der Waals surface area contributed by atoms with Gasteiger partial charge in [-0.2, -0.15) is 5.26 Å². The Bertz CT molecular complexity index is 360. The number of nitrogens with zero attached hydrogens (tertiary/aromatic N) is 2. The van der Waals surface area contributed by atoms with Crippen molar-refractivity contribution in [1.82, 2.24) is 0 Å². The molecule has 2 rings (SSSR count). The molecule has 0 aliphatic carbocycles. The molecule has 0 unspecified atom stereocenters. The van der Waals surface area contributed by atoms with E-state index in [2.05, 4.69) is 4.90 Å². The molecular weight excluding hydrogens is 190 g/mol. The Hall–Kier alpha value is -1.47. The Morgan fingerprint density at radius 3 is 2.73 bits per heavy atom. The Morgan fingerprint density at radius 1 is 1.33 bits per heavy atom. The number of anilines is 1. The number of hydrogen-bond acceptors (Lipinski definition) is 4. The highest BCUT2D eigenvalue weighted by atomic mass is 16.4. The Kier molecular flexibility index (Phi) is 2.93. The SMILES string of the molecule is N#C[C@@H](N)c1ccc(N2CCCCC2)o1. The minimum atomic E-state index is -0.649. The van der Waals surface area contributed by atoms with E-state index < -0.39 is 6.04 Å². The molecule has 4 heteroatoms. The minimum Gasteiger partial charge on any atom is -0.443 e. The van der Waals surface area contributed by atoms with Crippen LogP contribution in [0.4, 0.5) is 5.88 Å². The lowest BCUT2D eigenvalue weighted by atomic mass is 10.1. The smallest absolute Gasteiger partial charge is 0.195 e. The fourth-order valence-corrected chi connectivity index (χ4v) is 1.86. The molecule has 0 radical (unpaired) electrons. The van der Waals surface area contributed by atoms with Crippen LogP contribution >= 0.6 is 0 Å². The highest BCUT2D eigenvalue weighted by Gasteiger charge is 2.16. The van der Waals surface area contributed by atoms with Crippen LogP contribution in [0.5, 0.6) is 0 Å². The number of nitrogens with two attached hydrogens (primary N) is 1. The topological polar surface area (TPSA) is 66.2 Å². The largest absolute Gasteiger partial charge is 0.443 e. The zero-order chi connectivity index (χ0) is 10.7. The van der Waals surface area contributed by atoms with Gasteiger partial charge in [0.05, 0.1) is 6.07 Å². The predicted molar refractivity (Wildman–Crippen MR) is 57.3 cm³/mol. The summed E-state index contributed by atoms with van der Waals surface area (Å²) >= 11 is 0. The molecule has 1 saturated heterocycles. The highest BCUT2D eigenvalue weighted by Crippen LogP contribution is 2.24. The normalized spacial score (nSPS) is 18.5. The van der Waals surface area contributed by atoms with Gasteiger partial charge in [0.2, 0.25) is 0 Å². The lowest BCUT2D eigenvalue weighted by Gasteiger charge is -2.25. The van der Waals surface area contributed by atoms with Crippen molar-refractivity contribution in [2.24, 2.45) is 5.73 Å². The van der Waals surface area contributed by atoms with Gasteiger partial charge in [-0.05, 0) is 25.3 Å². The van der Waals surface area contributed by atoms with Crippen LogP contribution in [0.2, 0.25) is 0 Å². The third-order valence-corrected chi connectivity index (χ3v) is 2.73. The molecule has 80 valence electrons.